The number of nitrogens with one attached hydrogen (secondary N) is 2. The van der Waals surface area contributed by atoms with Crippen LogP contribution in [0.4, 0.5) is 0 Å². The van der Waals surface area contributed by atoms with Crippen LogP contribution in [-0.4, -0.2) is 37.8 Å². The van der Waals surface area contributed by atoms with Crippen molar-refractivity contribution in [1.29, 1.82) is 0 Å². The quantitative estimate of drug-likeness (QED) is 0.808. The Hall–Kier alpha value is -2.08. The maximum atomic E-state index is 12.7. The lowest BCUT2D eigenvalue weighted by atomic mass is 9.52. The fourth-order valence-corrected chi connectivity index (χ4v) is 5.06. The van der Waals surface area contributed by atoms with Crippen LogP contribution in [0, 0.1) is 17.3 Å². The molecule has 1 aromatic rings. The van der Waals surface area contributed by atoms with E-state index in [1.165, 1.54) is 0 Å². The van der Waals surface area contributed by atoms with Crippen molar-refractivity contribution >= 4 is 11.8 Å². The first-order chi connectivity index (χ1) is 12.5. The van der Waals surface area contributed by atoms with Crippen molar-refractivity contribution < 1.29 is 19.1 Å². The Morgan fingerprint density at radius 3 is 3.00 bits per heavy atom. The number of para-hydroxylation sites is 1. The predicted molar refractivity (Wildman–Crippen MR) is 95.7 cm³/mol. The Morgan fingerprint density at radius 1 is 1.42 bits per heavy atom. The molecule has 1 heterocycles. The molecule has 26 heavy (non-hydrogen) atoms. The lowest BCUT2D eigenvalue weighted by molar-refractivity contribution is -0.167. The zero-order chi connectivity index (χ0) is 18.4. The van der Waals surface area contributed by atoms with Gasteiger partial charge in [0, 0.05) is 31.9 Å². The summed E-state index contributed by atoms with van der Waals surface area (Å²) >= 11 is 0. The largest absolute Gasteiger partial charge is 0.467 e. The van der Waals surface area contributed by atoms with Crippen LogP contribution in [0.2, 0.25) is 0 Å². The number of hydrogen-bond acceptors (Lipinski definition) is 4. The summed E-state index contributed by atoms with van der Waals surface area (Å²) in [5.41, 5.74) is -0.300. The van der Waals surface area contributed by atoms with Crippen molar-refractivity contribution in [3.05, 3.63) is 29.8 Å². The first kappa shape index (κ1) is 17.3. The van der Waals surface area contributed by atoms with E-state index in [9.17, 15) is 9.59 Å². The minimum absolute atomic E-state index is 0.0543. The summed E-state index contributed by atoms with van der Waals surface area (Å²) in [7, 11) is 1.63. The molecule has 5 rings (SSSR count). The molecule has 6 nitrogen and oxygen atoms in total. The third-order valence-corrected chi connectivity index (χ3v) is 6.42. The molecule has 2 amide bonds. The molecule has 1 aromatic carbocycles. The predicted octanol–water partition coefficient (Wildman–Crippen LogP) is 2.09. The monoisotopic (exact) mass is 358 g/mol. The van der Waals surface area contributed by atoms with Gasteiger partial charge in [-0.3, -0.25) is 9.59 Å². The molecule has 0 aromatic heterocycles. The van der Waals surface area contributed by atoms with Crippen LogP contribution < -0.4 is 15.4 Å². The summed E-state index contributed by atoms with van der Waals surface area (Å²) in [6.07, 6.45) is 3.33. The minimum atomic E-state index is -0.693. The van der Waals surface area contributed by atoms with Gasteiger partial charge in [-0.1, -0.05) is 19.1 Å². The van der Waals surface area contributed by atoms with E-state index >= 15 is 0 Å². The van der Waals surface area contributed by atoms with E-state index in [1.807, 2.05) is 18.2 Å². The third-order valence-electron chi connectivity index (χ3n) is 6.42. The van der Waals surface area contributed by atoms with Crippen molar-refractivity contribution in [3.63, 3.8) is 0 Å². The lowest BCUT2D eigenvalue weighted by Crippen LogP contribution is -2.69. The van der Waals surface area contributed by atoms with Crippen molar-refractivity contribution in [1.82, 2.24) is 10.6 Å². The highest BCUT2D eigenvalue weighted by Crippen LogP contribution is 2.58. The number of amides is 2. The Kier molecular flexibility index (Phi) is 4.18. The fraction of sp³-hybridized carbons (Fsp3) is 0.600. The number of fused-ring (bicyclic) bond motifs is 3. The van der Waals surface area contributed by atoms with Crippen LogP contribution >= 0.6 is 0 Å². The van der Waals surface area contributed by atoms with Gasteiger partial charge in [-0.15, -0.1) is 0 Å². The van der Waals surface area contributed by atoms with Gasteiger partial charge in [-0.25, -0.2) is 0 Å². The Bertz CT molecular complexity index is 736. The second-order valence-electron chi connectivity index (χ2n) is 8.08. The average Bonchev–Trinajstić information content (AvgIpc) is 2.61. The van der Waals surface area contributed by atoms with E-state index in [0.717, 1.165) is 19.3 Å². The van der Waals surface area contributed by atoms with Gasteiger partial charge < -0.3 is 20.1 Å². The highest BCUT2D eigenvalue weighted by atomic mass is 16.5. The molecule has 3 saturated carbocycles. The van der Waals surface area contributed by atoms with E-state index in [2.05, 4.69) is 17.6 Å². The number of hydrogen-bond donors (Lipinski definition) is 2. The number of carbonyl (C=O) groups is 2. The van der Waals surface area contributed by atoms with Crippen molar-refractivity contribution in [2.24, 2.45) is 17.3 Å². The van der Waals surface area contributed by atoms with E-state index in [1.54, 1.807) is 13.2 Å². The Labute approximate surface area is 153 Å². The Balaban J connectivity index is 1.57. The molecule has 3 fully saturated rings. The number of carbonyl (C=O) groups excluding carboxylic acids is 2. The van der Waals surface area contributed by atoms with E-state index in [-0.39, 0.29) is 29.1 Å². The van der Waals surface area contributed by atoms with Gasteiger partial charge in [-0.05, 0) is 36.8 Å². The van der Waals surface area contributed by atoms with Crippen LogP contribution in [0.5, 0.6) is 5.75 Å². The molecule has 4 aliphatic rings. The summed E-state index contributed by atoms with van der Waals surface area (Å²) in [6.45, 7) is 3.19. The molecule has 0 saturated heterocycles. The molecule has 2 N–H and O–H groups in total. The molecule has 0 unspecified atom stereocenters. The molecular weight excluding hydrogens is 332 g/mol. The van der Waals surface area contributed by atoms with Gasteiger partial charge in [0.25, 0.3) is 5.91 Å². The molecule has 3 aliphatic carbocycles. The van der Waals surface area contributed by atoms with Gasteiger partial charge in [0.15, 0.2) is 5.72 Å². The molecule has 1 aliphatic heterocycles. The van der Waals surface area contributed by atoms with Gasteiger partial charge in [0.05, 0.1) is 12.2 Å². The lowest BCUT2D eigenvalue weighted by Gasteiger charge is -2.59. The van der Waals surface area contributed by atoms with E-state index in [4.69, 9.17) is 9.47 Å². The van der Waals surface area contributed by atoms with Gasteiger partial charge in [0.2, 0.25) is 5.91 Å². The standard InChI is InChI=1S/C20H26N2O4/c1-19-8-7-13(11-15(19)18(24)21-9-10-25-2)20(12-19)22-17(23)14-5-3-4-6-16(14)26-20/h3-6,13,15H,7-12H2,1-2H3,(H,21,24)(H,22,23)/t13-,15-,19+,20+/m1/s1. The van der Waals surface area contributed by atoms with Crippen LogP contribution in [0.15, 0.2) is 24.3 Å². The van der Waals surface area contributed by atoms with Gasteiger partial charge in [-0.2, -0.15) is 0 Å². The van der Waals surface area contributed by atoms with Crippen LogP contribution in [0.25, 0.3) is 0 Å². The summed E-state index contributed by atoms with van der Waals surface area (Å²) in [5.74, 6) is 0.741. The maximum Gasteiger partial charge on any atom is 0.258 e. The summed E-state index contributed by atoms with van der Waals surface area (Å²) in [4.78, 5) is 25.4. The van der Waals surface area contributed by atoms with Crippen molar-refractivity contribution in [2.45, 2.75) is 38.3 Å². The average molecular weight is 358 g/mol. The van der Waals surface area contributed by atoms with Gasteiger partial charge in [0.1, 0.15) is 5.75 Å². The van der Waals surface area contributed by atoms with Crippen LogP contribution in [-0.2, 0) is 9.53 Å². The summed E-state index contributed by atoms with van der Waals surface area (Å²) < 4.78 is 11.4. The summed E-state index contributed by atoms with van der Waals surface area (Å²) in [5, 5.41) is 6.13. The zero-order valence-electron chi connectivity index (χ0n) is 15.3. The van der Waals surface area contributed by atoms with Crippen molar-refractivity contribution in [3.8, 4) is 5.75 Å². The highest BCUT2D eigenvalue weighted by molar-refractivity contribution is 5.98. The molecule has 0 radical (unpaired) electrons. The molecule has 140 valence electrons. The SMILES string of the molecule is COCCNC(=O)[C@H]1C[C@H]2CC[C@@]1(C)C[C@@]21NC(=O)c2ccccc2O1. The van der Waals surface area contributed by atoms with Crippen LogP contribution in [0.3, 0.4) is 0 Å². The maximum absolute atomic E-state index is 12.7. The first-order valence-corrected chi connectivity index (χ1v) is 9.35. The number of rotatable bonds is 4. The van der Waals surface area contributed by atoms with E-state index < -0.39 is 5.72 Å². The third kappa shape index (κ3) is 2.67. The second-order valence-corrected chi connectivity index (χ2v) is 8.08. The topological polar surface area (TPSA) is 76.7 Å². The molecule has 6 heteroatoms. The summed E-state index contributed by atoms with van der Waals surface area (Å²) in [6, 6.07) is 7.37. The van der Waals surface area contributed by atoms with Gasteiger partial charge >= 0.3 is 0 Å². The molecule has 4 atom stereocenters. The minimum Gasteiger partial charge on any atom is -0.467 e. The smallest absolute Gasteiger partial charge is 0.258 e. The fourth-order valence-electron chi connectivity index (χ4n) is 5.06. The second kappa shape index (κ2) is 6.27. The molecule has 1 spiro atoms. The number of ether oxygens (including phenoxy) is 2. The molecule has 2 bridgehead atoms. The zero-order valence-corrected chi connectivity index (χ0v) is 15.3. The number of methoxy groups -OCH3 is 1. The normalized spacial score (nSPS) is 34.8. The Morgan fingerprint density at radius 2 is 2.23 bits per heavy atom. The van der Waals surface area contributed by atoms with Crippen LogP contribution in [0.1, 0.15) is 43.0 Å². The van der Waals surface area contributed by atoms with E-state index in [0.29, 0.717) is 30.9 Å². The number of benzene rings is 1. The van der Waals surface area contributed by atoms with Crippen molar-refractivity contribution in [2.75, 3.05) is 20.3 Å². The molecular formula is C20H26N2O4. The highest BCUT2D eigenvalue weighted by Gasteiger charge is 2.61. The first-order valence-electron chi connectivity index (χ1n) is 9.35.